The highest BCUT2D eigenvalue weighted by molar-refractivity contribution is 14.1. The summed E-state index contributed by atoms with van der Waals surface area (Å²) in [5.41, 5.74) is 0. The minimum absolute atomic E-state index is 0.0801. The van der Waals surface area contributed by atoms with Crippen molar-refractivity contribution in [2.24, 2.45) is 0 Å². The molecule has 1 heterocycles. The van der Waals surface area contributed by atoms with Crippen LogP contribution in [0, 0.1) is 0 Å². The van der Waals surface area contributed by atoms with E-state index in [2.05, 4.69) is 45.2 Å². The third kappa shape index (κ3) is 5.13. The standard InChI is InChI=1S/C9H16I2O2/c10-5-4-8(7-11)13-9-3-1-2-6-12-9/h8-9H,1-7H2/t8-,9?/m0/s1. The molecule has 78 valence electrons. The summed E-state index contributed by atoms with van der Waals surface area (Å²) in [6, 6.07) is 0. The predicted octanol–water partition coefficient (Wildman–Crippen LogP) is 3.16. The molecule has 0 spiro atoms. The fraction of sp³-hybridized carbons (Fsp3) is 1.00. The van der Waals surface area contributed by atoms with Gasteiger partial charge in [0, 0.05) is 15.5 Å². The summed E-state index contributed by atoms with van der Waals surface area (Å²) in [4.78, 5) is 0. The van der Waals surface area contributed by atoms with E-state index in [1.165, 1.54) is 12.8 Å². The summed E-state index contributed by atoms with van der Waals surface area (Å²) in [7, 11) is 0. The van der Waals surface area contributed by atoms with Gasteiger partial charge >= 0.3 is 0 Å². The van der Waals surface area contributed by atoms with Crippen LogP contribution in [-0.4, -0.2) is 27.9 Å². The molecule has 0 bridgehead atoms. The SMILES string of the molecule is ICC[C@@H](CI)OC1CCCCO1. The lowest BCUT2D eigenvalue weighted by atomic mass is 10.2. The van der Waals surface area contributed by atoms with E-state index in [-0.39, 0.29) is 6.29 Å². The Morgan fingerprint density at radius 2 is 2.23 bits per heavy atom. The van der Waals surface area contributed by atoms with Crippen LogP contribution in [0.5, 0.6) is 0 Å². The van der Waals surface area contributed by atoms with Crippen LogP contribution in [0.1, 0.15) is 25.7 Å². The fourth-order valence-electron chi connectivity index (χ4n) is 1.34. The maximum absolute atomic E-state index is 5.85. The van der Waals surface area contributed by atoms with Crippen molar-refractivity contribution in [3.05, 3.63) is 0 Å². The lowest BCUT2D eigenvalue weighted by Gasteiger charge is -2.26. The van der Waals surface area contributed by atoms with Gasteiger partial charge in [-0.2, -0.15) is 0 Å². The van der Waals surface area contributed by atoms with Crippen molar-refractivity contribution >= 4 is 45.2 Å². The second-order valence-corrected chi connectivity index (χ2v) is 5.15. The van der Waals surface area contributed by atoms with Crippen molar-refractivity contribution < 1.29 is 9.47 Å². The second kappa shape index (κ2) is 7.64. The smallest absolute Gasteiger partial charge is 0.157 e. The Morgan fingerprint density at radius 3 is 2.77 bits per heavy atom. The van der Waals surface area contributed by atoms with Gasteiger partial charge in [-0.05, 0) is 25.7 Å². The Balaban J connectivity index is 2.18. The lowest BCUT2D eigenvalue weighted by molar-refractivity contribution is -0.182. The van der Waals surface area contributed by atoms with E-state index in [4.69, 9.17) is 9.47 Å². The largest absolute Gasteiger partial charge is 0.353 e. The molecule has 1 fully saturated rings. The Labute approximate surface area is 107 Å². The van der Waals surface area contributed by atoms with Crippen LogP contribution in [0.15, 0.2) is 0 Å². The first-order valence-corrected chi connectivity index (χ1v) is 7.81. The van der Waals surface area contributed by atoms with Crippen molar-refractivity contribution in [2.75, 3.05) is 15.5 Å². The molecule has 0 amide bonds. The maximum Gasteiger partial charge on any atom is 0.157 e. The fourth-order valence-corrected chi connectivity index (χ4v) is 2.68. The topological polar surface area (TPSA) is 18.5 Å². The van der Waals surface area contributed by atoms with Crippen molar-refractivity contribution in [2.45, 2.75) is 38.1 Å². The zero-order valence-electron chi connectivity index (χ0n) is 7.68. The van der Waals surface area contributed by atoms with Gasteiger partial charge in [0.25, 0.3) is 0 Å². The molecule has 1 aliphatic heterocycles. The number of hydrogen-bond acceptors (Lipinski definition) is 2. The van der Waals surface area contributed by atoms with Crippen LogP contribution in [-0.2, 0) is 9.47 Å². The summed E-state index contributed by atoms with van der Waals surface area (Å²) < 4.78 is 13.6. The molecule has 0 aromatic rings. The van der Waals surface area contributed by atoms with Crippen LogP contribution in [0.4, 0.5) is 0 Å². The molecule has 0 radical (unpaired) electrons. The average molecular weight is 410 g/mol. The Morgan fingerprint density at radius 1 is 1.38 bits per heavy atom. The molecule has 1 saturated heterocycles. The second-order valence-electron chi connectivity index (χ2n) is 3.19. The quantitative estimate of drug-likeness (QED) is 0.513. The summed E-state index contributed by atoms with van der Waals surface area (Å²) in [6.45, 7) is 0.878. The van der Waals surface area contributed by atoms with E-state index in [9.17, 15) is 0 Å². The number of halogens is 2. The zero-order valence-corrected chi connectivity index (χ0v) is 12.0. The van der Waals surface area contributed by atoms with E-state index >= 15 is 0 Å². The van der Waals surface area contributed by atoms with Crippen molar-refractivity contribution in [3.8, 4) is 0 Å². The molecule has 0 aromatic heterocycles. The van der Waals surface area contributed by atoms with Crippen LogP contribution in [0.2, 0.25) is 0 Å². The summed E-state index contributed by atoms with van der Waals surface area (Å²) in [6.07, 6.45) is 5.14. The highest BCUT2D eigenvalue weighted by Gasteiger charge is 2.18. The molecule has 1 unspecified atom stereocenters. The van der Waals surface area contributed by atoms with E-state index < -0.39 is 0 Å². The van der Waals surface area contributed by atoms with Gasteiger partial charge in [0.15, 0.2) is 6.29 Å². The number of ether oxygens (including phenoxy) is 2. The van der Waals surface area contributed by atoms with E-state index in [0.717, 1.165) is 28.3 Å². The van der Waals surface area contributed by atoms with Crippen LogP contribution < -0.4 is 0 Å². The summed E-state index contributed by atoms with van der Waals surface area (Å²) >= 11 is 4.78. The third-order valence-electron chi connectivity index (χ3n) is 2.09. The first-order chi connectivity index (χ1) is 6.36. The molecule has 0 saturated carbocycles. The molecule has 1 aliphatic rings. The van der Waals surface area contributed by atoms with Crippen LogP contribution in [0.3, 0.4) is 0 Å². The summed E-state index contributed by atoms with van der Waals surface area (Å²) in [5, 5.41) is 0. The average Bonchev–Trinajstić information content (AvgIpc) is 2.19. The number of hydrogen-bond donors (Lipinski definition) is 0. The molecule has 0 N–H and O–H groups in total. The van der Waals surface area contributed by atoms with Crippen molar-refractivity contribution in [3.63, 3.8) is 0 Å². The van der Waals surface area contributed by atoms with E-state index in [1.54, 1.807) is 0 Å². The predicted molar refractivity (Wildman–Crippen MR) is 70.9 cm³/mol. The maximum atomic E-state index is 5.85. The van der Waals surface area contributed by atoms with Crippen molar-refractivity contribution in [1.29, 1.82) is 0 Å². The molecular weight excluding hydrogens is 394 g/mol. The monoisotopic (exact) mass is 410 g/mol. The normalized spacial score (nSPS) is 25.8. The molecule has 0 aliphatic carbocycles. The Kier molecular flexibility index (Phi) is 7.32. The van der Waals surface area contributed by atoms with Gasteiger partial charge in [0.2, 0.25) is 0 Å². The summed E-state index contributed by atoms with van der Waals surface area (Å²) in [5.74, 6) is 0. The van der Waals surface area contributed by atoms with Gasteiger partial charge in [-0.25, -0.2) is 0 Å². The van der Waals surface area contributed by atoms with Gasteiger partial charge in [-0.1, -0.05) is 45.2 Å². The molecule has 4 heteroatoms. The lowest BCUT2D eigenvalue weighted by Crippen LogP contribution is -2.28. The number of alkyl halides is 2. The Hall–Kier alpha value is 1.38. The van der Waals surface area contributed by atoms with Crippen molar-refractivity contribution in [1.82, 2.24) is 0 Å². The first kappa shape index (κ1) is 12.4. The minimum Gasteiger partial charge on any atom is -0.353 e. The zero-order chi connectivity index (χ0) is 9.52. The van der Waals surface area contributed by atoms with Gasteiger partial charge < -0.3 is 9.47 Å². The van der Waals surface area contributed by atoms with Crippen LogP contribution in [0.25, 0.3) is 0 Å². The van der Waals surface area contributed by atoms with E-state index in [1.807, 2.05) is 0 Å². The first-order valence-electron chi connectivity index (χ1n) is 4.76. The Bertz CT molecular complexity index is 124. The highest BCUT2D eigenvalue weighted by Crippen LogP contribution is 2.17. The minimum atomic E-state index is 0.0801. The van der Waals surface area contributed by atoms with Gasteiger partial charge in [-0.15, -0.1) is 0 Å². The molecule has 13 heavy (non-hydrogen) atoms. The van der Waals surface area contributed by atoms with Gasteiger partial charge in [-0.3, -0.25) is 0 Å². The highest BCUT2D eigenvalue weighted by atomic mass is 127. The molecule has 2 nitrogen and oxygen atoms in total. The van der Waals surface area contributed by atoms with Gasteiger partial charge in [0.1, 0.15) is 0 Å². The third-order valence-corrected chi connectivity index (χ3v) is 3.69. The number of rotatable bonds is 5. The molecular formula is C9H16I2O2. The van der Waals surface area contributed by atoms with Gasteiger partial charge in [0.05, 0.1) is 6.10 Å². The van der Waals surface area contributed by atoms with E-state index in [0.29, 0.717) is 6.10 Å². The van der Waals surface area contributed by atoms with Crippen LogP contribution >= 0.6 is 45.2 Å². The molecule has 2 atom stereocenters. The molecule has 1 rings (SSSR count). The molecule has 0 aromatic carbocycles.